The van der Waals surface area contributed by atoms with Crippen molar-refractivity contribution in [2.75, 3.05) is 6.61 Å². The van der Waals surface area contributed by atoms with Crippen molar-refractivity contribution in [2.24, 2.45) is 5.92 Å². The molecule has 1 aliphatic rings. The van der Waals surface area contributed by atoms with Crippen LogP contribution in [0, 0.1) is 19.8 Å². The van der Waals surface area contributed by atoms with E-state index in [1.54, 1.807) is 0 Å². The van der Waals surface area contributed by atoms with Crippen LogP contribution in [-0.2, 0) is 18.0 Å². The average Bonchev–Trinajstić information content (AvgIpc) is 3.49. The quantitative estimate of drug-likeness (QED) is 0.391. The Morgan fingerprint density at radius 3 is 2.48 bits per heavy atom. The molecule has 168 valence electrons. The molecule has 2 heterocycles. The van der Waals surface area contributed by atoms with E-state index in [2.05, 4.69) is 55.9 Å². The molecule has 5 rings (SSSR count). The van der Waals surface area contributed by atoms with E-state index < -0.39 is 0 Å². The van der Waals surface area contributed by atoms with E-state index in [0.29, 0.717) is 19.0 Å². The Hall–Kier alpha value is -3.58. The van der Waals surface area contributed by atoms with Gasteiger partial charge in [-0.05, 0) is 59.7 Å². The van der Waals surface area contributed by atoms with E-state index in [0.717, 1.165) is 57.5 Å². The zero-order valence-electron chi connectivity index (χ0n) is 18.9. The highest BCUT2D eigenvalue weighted by molar-refractivity contribution is 5.80. The zero-order valence-corrected chi connectivity index (χ0v) is 18.9. The van der Waals surface area contributed by atoms with Crippen molar-refractivity contribution in [1.29, 1.82) is 0 Å². The van der Waals surface area contributed by atoms with E-state index in [4.69, 9.17) is 9.47 Å². The number of rotatable bonds is 9. The Labute approximate surface area is 193 Å². The van der Waals surface area contributed by atoms with Gasteiger partial charge in [0.25, 0.3) is 0 Å². The van der Waals surface area contributed by atoms with Crippen LogP contribution in [0.4, 0.5) is 0 Å². The molecule has 1 N–H and O–H groups in total. The number of nitrogens with one attached hydrogen (secondary N) is 1. The molecular weight excluding hydrogens is 414 g/mol. The van der Waals surface area contributed by atoms with Gasteiger partial charge >= 0.3 is 0 Å². The summed E-state index contributed by atoms with van der Waals surface area (Å²) in [5, 5.41) is 14.3. The number of pyridine rings is 1. The van der Waals surface area contributed by atoms with Gasteiger partial charge in [0.05, 0.1) is 6.61 Å². The summed E-state index contributed by atoms with van der Waals surface area (Å²) in [5.74, 6) is 2.23. The summed E-state index contributed by atoms with van der Waals surface area (Å²) in [6.45, 7) is 5.85. The lowest BCUT2D eigenvalue weighted by Gasteiger charge is -2.15. The van der Waals surface area contributed by atoms with Crippen molar-refractivity contribution in [1.82, 2.24) is 25.6 Å². The van der Waals surface area contributed by atoms with E-state index >= 15 is 0 Å². The number of ether oxygens (including phenoxy) is 2. The Bertz CT molecular complexity index is 1220. The van der Waals surface area contributed by atoms with Crippen molar-refractivity contribution in [2.45, 2.75) is 39.9 Å². The lowest BCUT2D eigenvalue weighted by Crippen LogP contribution is -2.06. The Balaban J connectivity index is 1.30. The second-order valence-corrected chi connectivity index (χ2v) is 8.57. The fourth-order valence-corrected chi connectivity index (χ4v) is 3.89. The summed E-state index contributed by atoms with van der Waals surface area (Å²) >= 11 is 0. The molecule has 1 fully saturated rings. The van der Waals surface area contributed by atoms with Gasteiger partial charge in [0.1, 0.15) is 12.4 Å². The van der Waals surface area contributed by atoms with E-state index in [1.807, 2.05) is 38.1 Å². The molecule has 0 atom stereocenters. The van der Waals surface area contributed by atoms with Crippen LogP contribution < -0.4 is 4.74 Å². The number of benzene rings is 2. The number of hydrogen-bond donors (Lipinski definition) is 1. The first-order chi connectivity index (χ1) is 16.2. The molecule has 0 spiro atoms. The average molecular weight is 442 g/mol. The predicted octanol–water partition coefficient (Wildman–Crippen LogP) is 5.05. The predicted molar refractivity (Wildman–Crippen MR) is 125 cm³/mol. The molecule has 0 unspecified atom stereocenters. The van der Waals surface area contributed by atoms with Gasteiger partial charge < -0.3 is 9.47 Å². The van der Waals surface area contributed by atoms with Crippen molar-refractivity contribution in [3.05, 3.63) is 77.1 Å². The van der Waals surface area contributed by atoms with Crippen molar-refractivity contribution < 1.29 is 9.47 Å². The van der Waals surface area contributed by atoms with Gasteiger partial charge in [-0.15, -0.1) is 5.10 Å². The Morgan fingerprint density at radius 1 is 0.970 bits per heavy atom. The summed E-state index contributed by atoms with van der Waals surface area (Å²) in [6.07, 6.45) is 2.56. The minimum atomic E-state index is 0.479. The standard InChI is InChI=1S/C26H27N5O2/c1-17-13-25(24(18(2)27-17)16-32-14-19-7-8-19)33-15-20-9-11-21(12-10-20)22-5-3-4-6-23(22)26-28-30-31-29-26/h3-6,9-13,19H,7-8,14-16H2,1-2H3,(H,28,29,30,31). The van der Waals surface area contributed by atoms with Gasteiger partial charge in [-0.2, -0.15) is 0 Å². The maximum absolute atomic E-state index is 6.23. The van der Waals surface area contributed by atoms with Gasteiger partial charge in [-0.3, -0.25) is 4.98 Å². The highest BCUT2D eigenvalue weighted by Crippen LogP contribution is 2.31. The van der Waals surface area contributed by atoms with Crippen LogP contribution in [0.2, 0.25) is 0 Å². The molecular formula is C26H27N5O2. The summed E-state index contributed by atoms with van der Waals surface area (Å²) in [5.41, 5.74) is 7.17. The second kappa shape index (κ2) is 9.50. The smallest absolute Gasteiger partial charge is 0.180 e. The zero-order chi connectivity index (χ0) is 22.6. The molecule has 1 aliphatic carbocycles. The molecule has 0 saturated heterocycles. The Kier molecular flexibility index (Phi) is 6.13. The van der Waals surface area contributed by atoms with Crippen molar-refractivity contribution in [3.8, 4) is 28.3 Å². The summed E-state index contributed by atoms with van der Waals surface area (Å²) in [6, 6.07) is 18.5. The van der Waals surface area contributed by atoms with Gasteiger partial charge in [0.15, 0.2) is 5.82 Å². The normalized spacial score (nSPS) is 13.3. The number of aromatic amines is 1. The van der Waals surface area contributed by atoms with E-state index in [-0.39, 0.29) is 0 Å². The molecule has 7 heteroatoms. The topological polar surface area (TPSA) is 85.8 Å². The highest BCUT2D eigenvalue weighted by Gasteiger charge is 2.21. The van der Waals surface area contributed by atoms with E-state index in [1.165, 1.54) is 12.8 Å². The third-order valence-electron chi connectivity index (χ3n) is 5.90. The SMILES string of the molecule is Cc1cc(OCc2ccc(-c3ccccc3-c3nnn[nH]3)cc2)c(COCC2CC2)c(C)n1. The fraction of sp³-hybridized carbons (Fsp3) is 0.308. The first-order valence-corrected chi connectivity index (χ1v) is 11.3. The molecule has 2 aromatic heterocycles. The molecule has 2 aromatic carbocycles. The Morgan fingerprint density at radius 2 is 1.76 bits per heavy atom. The summed E-state index contributed by atoms with van der Waals surface area (Å²) in [4.78, 5) is 4.60. The van der Waals surface area contributed by atoms with E-state index in [9.17, 15) is 0 Å². The maximum atomic E-state index is 6.23. The molecule has 7 nitrogen and oxygen atoms in total. The monoisotopic (exact) mass is 441 g/mol. The first-order valence-electron chi connectivity index (χ1n) is 11.3. The van der Waals surface area contributed by atoms with Crippen LogP contribution in [0.1, 0.15) is 35.4 Å². The van der Waals surface area contributed by atoms with Crippen LogP contribution in [0.25, 0.3) is 22.5 Å². The molecule has 0 bridgehead atoms. The highest BCUT2D eigenvalue weighted by atomic mass is 16.5. The van der Waals surface area contributed by atoms with Gasteiger partial charge in [0.2, 0.25) is 0 Å². The number of aromatic nitrogens is 5. The third-order valence-corrected chi connectivity index (χ3v) is 5.90. The molecule has 33 heavy (non-hydrogen) atoms. The number of H-pyrrole nitrogens is 1. The minimum absolute atomic E-state index is 0.479. The van der Waals surface area contributed by atoms with Gasteiger partial charge in [-0.1, -0.05) is 48.5 Å². The van der Waals surface area contributed by atoms with Crippen molar-refractivity contribution in [3.63, 3.8) is 0 Å². The number of hydrogen-bond acceptors (Lipinski definition) is 6. The molecule has 0 amide bonds. The molecule has 1 saturated carbocycles. The molecule has 4 aromatic rings. The number of nitrogens with zero attached hydrogens (tertiary/aromatic N) is 4. The lowest BCUT2D eigenvalue weighted by atomic mass is 9.98. The summed E-state index contributed by atoms with van der Waals surface area (Å²) in [7, 11) is 0. The second-order valence-electron chi connectivity index (χ2n) is 8.57. The largest absolute Gasteiger partial charge is 0.488 e. The summed E-state index contributed by atoms with van der Waals surface area (Å²) < 4.78 is 12.2. The number of tetrazole rings is 1. The van der Waals surface area contributed by atoms with Gasteiger partial charge in [0, 0.05) is 35.2 Å². The molecule has 0 radical (unpaired) electrons. The van der Waals surface area contributed by atoms with Crippen molar-refractivity contribution >= 4 is 0 Å². The van der Waals surface area contributed by atoms with Gasteiger partial charge in [-0.25, -0.2) is 5.10 Å². The maximum Gasteiger partial charge on any atom is 0.180 e. The fourth-order valence-electron chi connectivity index (χ4n) is 3.89. The minimum Gasteiger partial charge on any atom is -0.488 e. The lowest BCUT2D eigenvalue weighted by molar-refractivity contribution is 0.108. The number of aryl methyl sites for hydroxylation is 2. The van der Waals surface area contributed by atoms with Crippen LogP contribution in [0.5, 0.6) is 5.75 Å². The van der Waals surface area contributed by atoms with Crippen LogP contribution in [-0.4, -0.2) is 32.2 Å². The van der Waals surface area contributed by atoms with Crippen LogP contribution >= 0.6 is 0 Å². The van der Waals surface area contributed by atoms with Crippen LogP contribution in [0.3, 0.4) is 0 Å². The van der Waals surface area contributed by atoms with Crippen LogP contribution in [0.15, 0.2) is 54.6 Å². The molecule has 0 aliphatic heterocycles. The third kappa shape index (κ3) is 5.09. The first kappa shape index (κ1) is 21.3.